The van der Waals surface area contributed by atoms with E-state index in [0.29, 0.717) is 11.8 Å². The van der Waals surface area contributed by atoms with E-state index in [1.165, 1.54) is 27.9 Å². The van der Waals surface area contributed by atoms with E-state index in [-0.39, 0.29) is 0 Å². The van der Waals surface area contributed by atoms with Crippen molar-refractivity contribution in [1.29, 1.82) is 0 Å². The molecule has 7 aromatic rings. The van der Waals surface area contributed by atoms with Crippen LogP contribution in [0, 0.1) is 0 Å². The molecule has 0 bridgehead atoms. The van der Waals surface area contributed by atoms with Crippen LogP contribution in [0.15, 0.2) is 126 Å². The Kier molecular flexibility index (Phi) is 6.51. The van der Waals surface area contributed by atoms with E-state index in [4.69, 9.17) is 9.40 Å². The first-order chi connectivity index (χ1) is 20.5. The van der Waals surface area contributed by atoms with Crippen LogP contribution in [0.4, 0.5) is 0 Å². The third-order valence-corrected chi connectivity index (χ3v) is 8.23. The van der Waals surface area contributed by atoms with E-state index in [1.807, 2.05) is 12.3 Å². The number of aromatic nitrogens is 2. The Morgan fingerprint density at radius 2 is 1.21 bits per heavy atom. The molecule has 2 heterocycles. The van der Waals surface area contributed by atoms with Crippen LogP contribution < -0.4 is 0 Å². The summed E-state index contributed by atoms with van der Waals surface area (Å²) in [7, 11) is 0. The number of para-hydroxylation sites is 3. The molecule has 0 fully saturated rings. The lowest BCUT2D eigenvalue weighted by Gasteiger charge is -2.24. The molecule has 206 valence electrons. The first-order valence-corrected chi connectivity index (χ1v) is 14.8. The fourth-order valence-corrected chi connectivity index (χ4v) is 6.12. The zero-order valence-electron chi connectivity index (χ0n) is 24.5. The highest BCUT2D eigenvalue weighted by atomic mass is 16.3. The molecule has 3 nitrogen and oxygen atoms in total. The Labute approximate surface area is 247 Å². The SMILES string of the molecule is CC(C)c1cc(-c2ccccc2)cc(C(C)C)c1-n1c(-c2coc3c(-c4ccccc4)cccc23)nc2ccccc21. The van der Waals surface area contributed by atoms with E-state index in [9.17, 15) is 0 Å². The van der Waals surface area contributed by atoms with Crippen LogP contribution in [0.3, 0.4) is 0 Å². The molecule has 7 rings (SSSR count). The van der Waals surface area contributed by atoms with Crippen molar-refractivity contribution >= 4 is 22.0 Å². The average Bonchev–Trinajstić information content (AvgIpc) is 3.62. The molecule has 0 aliphatic heterocycles. The van der Waals surface area contributed by atoms with Gasteiger partial charge in [0, 0.05) is 10.9 Å². The minimum absolute atomic E-state index is 0.306. The second-order valence-corrected chi connectivity index (χ2v) is 11.6. The molecule has 0 unspecified atom stereocenters. The van der Waals surface area contributed by atoms with Crippen molar-refractivity contribution in [3.8, 4) is 39.3 Å². The van der Waals surface area contributed by atoms with Gasteiger partial charge in [0.15, 0.2) is 0 Å². The summed E-state index contributed by atoms with van der Waals surface area (Å²) in [4.78, 5) is 5.27. The van der Waals surface area contributed by atoms with E-state index >= 15 is 0 Å². The van der Waals surface area contributed by atoms with Crippen LogP contribution in [-0.2, 0) is 0 Å². The van der Waals surface area contributed by atoms with Gasteiger partial charge in [0.1, 0.15) is 17.7 Å². The van der Waals surface area contributed by atoms with Crippen LogP contribution in [0.2, 0.25) is 0 Å². The summed E-state index contributed by atoms with van der Waals surface area (Å²) < 4.78 is 8.74. The highest BCUT2D eigenvalue weighted by molar-refractivity contribution is 6.02. The smallest absolute Gasteiger partial charge is 0.149 e. The highest BCUT2D eigenvalue weighted by Gasteiger charge is 2.25. The van der Waals surface area contributed by atoms with Crippen molar-refractivity contribution in [2.45, 2.75) is 39.5 Å². The molecule has 3 heteroatoms. The summed E-state index contributed by atoms with van der Waals surface area (Å²) in [5.74, 6) is 1.51. The van der Waals surface area contributed by atoms with Gasteiger partial charge in [-0.25, -0.2) is 4.98 Å². The molecule has 0 saturated heterocycles. The molecule has 0 atom stereocenters. The van der Waals surface area contributed by atoms with E-state index in [2.05, 4.69) is 141 Å². The summed E-state index contributed by atoms with van der Waals surface area (Å²) in [6, 6.07) is 40.7. The molecule has 0 amide bonds. The van der Waals surface area contributed by atoms with Gasteiger partial charge in [-0.1, -0.05) is 119 Å². The molecule has 0 N–H and O–H groups in total. The zero-order chi connectivity index (χ0) is 28.8. The highest BCUT2D eigenvalue weighted by Crippen LogP contribution is 2.42. The maximum atomic E-state index is 6.35. The van der Waals surface area contributed by atoms with Crippen LogP contribution in [0.1, 0.15) is 50.7 Å². The minimum atomic E-state index is 0.306. The first-order valence-electron chi connectivity index (χ1n) is 14.8. The van der Waals surface area contributed by atoms with Gasteiger partial charge in [0.25, 0.3) is 0 Å². The van der Waals surface area contributed by atoms with Crippen LogP contribution in [0.25, 0.3) is 61.3 Å². The first kappa shape index (κ1) is 26.0. The molecule has 42 heavy (non-hydrogen) atoms. The number of hydrogen-bond acceptors (Lipinski definition) is 2. The van der Waals surface area contributed by atoms with Gasteiger partial charge < -0.3 is 4.42 Å². The monoisotopic (exact) mass is 546 g/mol. The Bertz CT molecular complexity index is 2000. The third-order valence-electron chi connectivity index (χ3n) is 8.23. The van der Waals surface area contributed by atoms with Gasteiger partial charge in [-0.3, -0.25) is 4.57 Å². The number of rotatable bonds is 6. The summed E-state index contributed by atoms with van der Waals surface area (Å²) >= 11 is 0. The lowest BCUT2D eigenvalue weighted by atomic mass is 9.88. The van der Waals surface area contributed by atoms with E-state index < -0.39 is 0 Å². The van der Waals surface area contributed by atoms with Crippen molar-refractivity contribution in [1.82, 2.24) is 9.55 Å². The Hall–Kier alpha value is -4.89. The maximum Gasteiger partial charge on any atom is 0.149 e. The molecule has 0 spiro atoms. The number of hydrogen-bond donors (Lipinski definition) is 0. The lowest BCUT2D eigenvalue weighted by Crippen LogP contribution is -2.09. The molecule has 2 aromatic heterocycles. The third kappa shape index (κ3) is 4.33. The van der Waals surface area contributed by atoms with Gasteiger partial charge in [-0.15, -0.1) is 0 Å². The van der Waals surface area contributed by atoms with E-state index in [0.717, 1.165) is 44.5 Å². The van der Waals surface area contributed by atoms with Gasteiger partial charge in [-0.05, 0) is 63.9 Å². The molecule has 5 aromatic carbocycles. The predicted molar refractivity (Wildman–Crippen MR) is 175 cm³/mol. The summed E-state index contributed by atoms with van der Waals surface area (Å²) in [6.45, 7) is 9.15. The van der Waals surface area contributed by atoms with Crippen LogP contribution in [-0.4, -0.2) is 9.55 Å². The Morgan fingerprint density at radius 1 is 0.595 bits per heavy atom. The molecule has 0 aliphatic carbocycles. The fraction of sp³-hybridized carbons (Fsp3) is 0.154. The number of imidazole rings is 1. The lowest BCUT2D eigenvalue weighted by molar-refractivity contribution is 0.617. The van der Waals surface area contributed by atoms with Crippen molar-refractivity contribution in [2.24, 2.45) is 0 Å². The normalized spacial score (nSPS) is 11.8. The molecular formula is C39H34N2O. The van der Waals surface area contributed by atoms with Crippen molar-refractivity contribution < 1.29 is 4.42 Å². The van der Waals surface area contributed by atoms with Crippen molar-refractivity contribution in [3.05, 3.63) is 133 Å². The number of fused-ring (bicyclic) bond motifs is 2. The topological polar surface area (TPSA) is 31.0 Å². The van der Waals surface area contributed by atoms with Crippen LogP contribution >= 0.6 is 0 Å². The second-order valence-electron chi connectivity index (χ2n) is 11.6. The fourth-order valence-electron chi connectivity index (χ4n) is 6.12. The quantitative estimate of drug-likeness (QED) is 0.208. The number of furan rings is 1. The number of benzene rings is 5. The van der Waals surface area contributed by atoms with Gasteiger partial charge in [0.05, 0.1) is 22.3 Å². The number of nitrogens with zero attached hydrogens (tertiary/aromatic N) is 2. The average molecular weight is 547 g/mol. The van der Waals surface area contributed by atoms with Crippen molar-refractivity contribution in [2.75, 3.05) is 0 Å². The van der Waals surface area contributed by atoms with Crippen LogP contribution in [0.5, 0.6) is 0 Å². The largest absolute Gasteiger partial charge is 0.463 e. The standard InChI is InChI=1S/C39H34N2O/c1-25(2)32-22-29(27-14-7-5-8-15-27)23-33(26(3)4)37(32)41-36-21-12-11-20-35(36)40-39(41)34-24-42-38-30(18-13-19-31(34)38)28-16-9-6-10-17-28/h5-26H,1-4H3. The molecular weight excluding hydrogens is 512 g/mol. The molecule has 0 saturated carbocycles. The maximum absolute atomic E-state index is 6.35. The van der Waals surface area contributed by atoms with Gasteiger partial charge in [-0.2, -0.15) is 0 Å². The molecule has 0 radical (unpaired) electrons. The summed E-state index contributed by atoms with van der Waals surface area (Å²) in [6.07, 6.45) is 1.89. The van der Waals surface area contributed by atoms with Gasteiger partial charge >= 0.3 is 0 Å². The Balaban J connectivity index is 1.54. The van der Waals surface area contributed by atoms with E-state index in [1.54, 1.807) is 0 Å². The summed E-state index contributed by atoms with van der Waals surface area (Å²) in [5, 5.41) is 1.06. The second kappa shape index (κ2) is 10.5. The zero-order valence-corrected chi connectivity index (χ0v) is 24.5. The predicted octanol–water partition coefficient (Wildman–Crippen LogP) is 11.0. The minimum Gasteiger partial charge on any atom is -0.463 e. The Morgan fingerprint density at radius 3 is 1.88 bits per heavy atom. The summed E-state index contributed by atoms with van der Waals surface area (Å²) in [5.41, 5.74) is 12.5. The van der Waals surface area contributed by atoms with Gasteiger partial charge in [0.2, 0.25) is 0 Å². The molecule has 0 aliphatic rings. The van der Waals surface area contributed by atoms with Crippen molar-refractivity contribution in [3.63, 3.8) is 0 Å².